The highest BCUT2D eigenvalue weighted by Gasteiger charge is 2.24. The van der Waals surface area contributed by atoms with Gasteiger partial charge in [0.15, 0.2) is 5.76 Å². The summed E-state index contributed by atoms with van der Waals surface area (Å²) < 4.78 is 17.0. The van der Waals surface area contributed by atoms with E-state index in [1.165, 1.54) is 6.07 Å². The van der Waals surface area contributed by atoms with Crippen molar-refractivity contribution >= 4 is 39.9 Å². The third kappa shape index (κ3) is 5.49. The SMILES string of the molecule is CCCCOc1ccc(C(=O)Nc2c(C(=O)c3ccc(OCC)c(Cl)c3)oc3ccccc23)cc1. The summed E-state index contributed by atoms with van der Waals surface area (Å²) in [5.41, 5.74) is 1.55. The molecule has 1 aromatic heterocycles. The average Bonchev–Trinajstić information content (AvgIpc) is 3.23. The van der Waals surface area contributed by atoms with E-state index in [9.17, 15) is 9.59 Å². The molecule has 1 heterocycles. The number of furan rings is 1. The van der Waals surface area contributed by atoms with E-state index in [0.717, 1.165) is 12.8 Å². The summed E-state index contributed by atoms with van der Waals surface area (Å²) >= 11 is 6.29. The Morgan fingerprint density at radius 1 is 0.943 bits per heavy atom. The average molecular weight is 492 g/mol. The number of amides is 1. The first kappa shape index (κ1) is 24.4. The van der Waals surface area contributed by atoms with Crippen LogP contribution < -0.4 is 14.8 Å². The summed E-state index contributed by atoms with van der Waals surface area (Å²) in [5, 5.41) is 3.81. The van der Waals surface area contributed by atoms with Crippen LogP contribution in [0.25, 0.3) is 11.0 Å². The van der Waals surface area contributed by atoms with Crippen LogP contribution >= 0.6 is 11.6 Å². The monoisotopic (exact) mass is 491 g/mol. The molecule has 0 aliphatic heterocycles. The Bertz CT molecular complexity index is 1340. The van der Waals surface area contributed by atoms with Gasteiger partial charge in [-0.2, -0.15) is 0 Å². The van der Waals surface area contributed by atoms with Gasteiger partial charge in [-0.1, -0.05) is 37.1 Å². The highest BCUT2D eigenvalue weighted by molar-refractivity contribution is 6.32. The molecular formula is C28H26ClNO5. The molecule has 7 heteroatoms. The molecule has 1 amide bonds. The number of para-hydroxylation sites is 1. The number of halogens is 1. The quantitative estimate of drug-likeness (QED) is 0.188. The van der Waals surface area contributed by atoms with Gasteiger partial charge in [-0.15, -0.1) is 0 Å². The van der Waals surface area contributed by atoms with Crippen molar-refractivity contribution in [2.24, 2.45) is 0 Å². The normalized spacial score (nSPS) is 10.8. The van der Waals surface area contributed by atoms with Gasteiger partial charge in [-0.3, -0.25) is 9.59 Å². The van der Waals surface area contributed by atoms with Crippen LogP contribution in [0.5, 0.6) is 11.5 Å². The van der Waals surface area contributed by atoms with Crippen LogP contribution in [0.3, 0.4) is 0 Å². The minimum atomic E-state index is -0.402. The Hall–Kier alpha value is -3.77. The van der Waals surface area contributed by atoms with Crippen molar-refractivity contribution < 1.29 is 23.5 Å². The predicted molar refractivity (Wildman–Crippen MR) is 137 cm³/mol. The van der Waals surface area contributed by atoms with Gasteiger partial charge in [0.25, 0.3) is 5.91 Å². The zero-order valence-electron chi connectivity index (χ0n) is 19.6. The molecule has 0 saturated carbocycles. The summed E-state index contributed by atoms with van der Waals surface area (Å²) in [6.07, 6.45) is 2.01. The summed E-state index contributed by atoms with van der Waals surface area (Å²) in [6, 6.07) is 18.8. The molecule has 0 aliphatic rings. The number of carbonyl (C=O) groups excluding carboxylic acids is 2. The molecule has 0 aliphatic carbocycles. The minimum Gasteiger partial charge on any atom is -0.494 e. The second kappa shape index (κ2) is 11.1. The standard InChI is InChI=1S/C28H26ClNO5/c1-3-5-16-34-20-13-10-18(11-14-20)28(32)30-25-21-8-6-7-9-23(21)35-27(25)26(31)19-12-15-24(33-4-2)22(29)17-19/h6-15,17H,3-5,16H2,1-2H3,(H,30,32). The number of benzene rings is 3. The van der Waals surface area contributed by atoms with Gasteiger partial charge in [-0.05, 0) is 67.9 Å². The Balaban J connectivity index is 1.62. The van der Waals surface area contributed by atoms with Crippen molar-refractivity contribution in [3.05, 3.63) is 88.6 Å². The lowest BCUT2D eigenvalue weighted by molar-refractivity contribution is 0.101. The summed E-state index contributed by atoms with van der Waals surface area (Å²) in [5.74, 6) is 0.453. The molecule has 1 N–H and O–H groups in total. The Morgan fingerprint density at radius 3 is 2.40 bits per heavy atom. The van der Waals surface area contributed by atoms with E-state index in [1.807, 2.05) is 13.0 Å². The lowest BCUT2D eigenvalue weighted by Gasteiger charge is -2.09. The number of hydrogen-bond donors (Lipinski definition) is 1. The van der Waals surface area contributed by atoms with Gasteiger partial charge in [0.2, 0.25) is 5.78 Å². The zero-order chi connectivity index (χ0) is 24.8. The van der Waals surface area contributed by atoms with Crippen LogP contribution in [0.4, 0.5) is 5.69 Å². The van der Waals surface area contributed by atoms with Gasteiger partial charge >= 0.3 is 0 Å². The maximum atomic E-state index is 13.4. The largest absolute Gasteiger partial charge is 0.494 e. The van der Waals surface area contributed by atoms with Crippen molar-refractivity contribution in [1.82, 2.24) is 0 Å². The summed E-state index contributed by atoms with van der Waals surface area (Å²) in [6.45, 7) is 5.04. The van der Waals surface area contributed by atoms with Crippen LogP contribution in [0.15, 0.2) is 71.1 Å². The molecule has 0 radical (unpaired) electrons. The smallest absolute Gasteiger partial charge is 0.255 e. The molecule has 0 spiro atoms. The fourth-order valence-corrected chi connectivity index (χ4v) is 3.83. The molecule has 0 bridgehead atoms. The lowest BCUT2D eigenvalue weighted by atomic mass is 10.1. The number of hydrogen-bond acceptors (Lipinski definition) is 5. The number of carbonyl (C=O) groups is 2. The molecule has 0 atom stereocenters. The maximum absolute atomic E-state index is 13.4. The second-order valence-electron chi connectivity index (χ2n) is 7.89. The van der Waals surface area contributed by atoms with Crippen molar-refractivity contribution in [2.75, 3.05) is 18.5 Å². The molecule has 0 saturated heterocycles. The molecule has 180 valence electrons. The van der Waals surface area contributed by atoms with Gasteiger partial charge < -0.3 is 19.2 Å². The second-order valence-corrected chi connectivity index (χ2v) is 8.30. The number of nitrogens with one attached hydrogen (secondary N) is 1. The third-order valence-electron chi connectivity index (χ3n) is 5.42. The van der Waals surface area contributed by atoms with E-state index in [0.29, 0.717) is 57.5 Å². The van der Waals surface area contributed by atoms with Gasteiger partial charge in [0.05, 0.1) is 23.9 Å². The maximum Gasteiger partial charge on any atom is 0.255 e. The fourth-order valence-electron chi connectivity index (χ4n) is 3.60. The van der Waals surface area contributed by atoms with Crippen molar-refractivity contribution in [3.63, 3.8) is 0 Å². The van der Waals surface area contributed by atoms with E-state index in [1.54, 1.807) is 54.6 Å². The van der Waals surface area contributed by atoms with Crippen LogP contribution in [-0.2, 0) is 0 Å². The highest BCUT2D eigenvalue weighted by atomic mass is 35.5. The number of rotatable bonds is 10. The molecule has 0 unspecified atom stereocenters. The molecule has 6 nitrogen and oxygen atoms in total. The molecule has 0 fully saturated rings. The zero-order valence-corrected chi connectivity index (χ0v) is 20.4. The molecule has 3 aromatic carbocycles. The van der Waals surface area contributed by atoms with E-state index in [2.05, 4.69) is 12.2 Å². The minimum absolute atomic E-state index is 0.0271. The Kier molecular flexibility index (Phi) is 7.73. The summed E-state index contributed by atoms with van der Waals surface area (Å²) in [7, 11) is 0. The first-order valence-corrected chi connectivity index (χ1v) is 11.9. The van der Waals surface area contributed by atoms with Crippen LogP contribution in [0.2, 0.25) is 5.02 Å². The topological polar surface area (TPSA) is 77.8 Å². The van der Waals surface area contributed by atoms with Crippen molar-refractivity contribution in [3.8, 4) is 11.5 Å². The number of unbranched alkanes of at least 4 members (excludes halogenated alkanes) is 1. The van der Waals surface area contributed by atoms with Crippen molar-refractivity contribution in [1.29, 1.82) is 0 Å². The third-order valence-corrected chi connectivity index (χ3v) is 5.71. The Labute approximate surface area is 208 Å². The molecule has 4 rings (SSSR count). The van der Waals surface area contributed by atoms with E-state index in [4.69, 9.17) is 25.5 Å². The summed E-state index contributed by atoms with van der Waals surface area (Å²) in [4.78, 5) is 26.5. The van der Waals surface area contributed by atoms with Gasteiger partial charge in [0, 0.05) is 16.5 Å². The number of anilines is 1. The molecule has 35 heavy (non-hydrogen) atoms. The molecular weight excluding hydrogens is 466 g/mol. The fraction of sp³-hybridized carbons (Fsp3) is 0.214. The van der Waals surface area contributed by atoms with E-state index >= 15 is 0 Å². The van der Waals surface area contributed by atoms with Crippen LogP contribution in [0.1, 0.15) is 53.2 Å². The highest BCUT2D eigenvalue weighted by Crippen LogP contribution is 2.34. The number of ketones is 1. The van der Waals surface area contributed by atoms with Gasteiger partial charge in [0.1, 0.15) is 17.1 Å². The van der Waals surface area contributed by atoms with Crippen LogP contribution in [0, 0.1) is 0 Å². The predicted octanol–water partition coefficient (Wildman–Crippen LogP) is 7.15. The Morgan fingerprint density at radius 2 is 1.69 bits per heavy atom. The first-order chi connectivity index (χ1) is 17.0. The lowest BCUT2D eigenvalue weighted by Crippen LogP contribution is -2.14. The first-order valence-electron chi connectivity index (χ1n) is 11.5. The van der Waals surface area contributed by atoms with E-state index in [-0.39, 0.29) is 11.7 Å². The number of ether oxygens (including phenoxy) is 2. The van der Waals surface area contributed by atoms with Crippen molar-refractivity contribution in [2.45, 2.75) is 26.7 Å². The van der Waals surface area contributed by atoms with Crippen LogP contribution in [-0.4, -0.2) is 24.9 Å². The van der Waals surface area contributed by atoms with Gasteiger partial charge in [-0.25, -0.2) is 0 Å². The number of fused-ring (bicyclic) bond motifs is 1. The molecule has 4 aromatic rings. The van der Waals surface area contributed by atoms with E-state index < -0.39 is 5.78 Å².